The average Bonchev–Trinajstić information content (AvgIpc) is 2.43. The van der Waals surface area contributed by atoms with Gasteiger partial charge in [0, 0.05) is 11.0 Å². The molecule has 0 unspecified atom stereocenters. The minimum atomic E-state index is -0.392. The Morgan fingerprint density at radius 3 is 2.12 bits per heavy atom. The standard InChI is InChI=1S/C15H24O2/c1-10-9-17-12(13(16)15(5,6)7)11(10)8-14(2,3)4/h9H,8H2,1-7H3. The van der Waals surface area contributed by atoms with E-state index in [0.29, 0.717) is 5.76 Å². The highest BCUT2D eigenvalue weighted by molar-refractivity contribution is 5.98. The lowest BCUT2D eigenvalue weighted by atomic mass is 9.83. The van der Waals surface area contributed by atoms with E-state index in [1.165, 1.54) is 0 Å². The molecule has 0 saturated carbocycles. The van der Waals surface area contributed by atoms with Gasteiger partial charge in [-0.1, -0.05) is 41.5 Å². The summed E-state index contributed by atoms with van der Waals surface area (Å²) in [6.45, 7) is 14.3. The zero-order valence-electron chi connectivity index (χ0n) is 12.1. The zero-order valence-corrected chi connectivity index (χ0v) is 12.1. The van der Waals surface area contributed by atoms with Crippen molar-refractivity contribution in [1.29, 1.82) is 0 Å². The molecule has 0 saturated heterocycles. The van der Waals surface area contributed by atoms with Crippen LogP contribution in [0.3, 0.4) is 0 Å². The lowest BCUT2D eigenvalue weighted by molar-refractivity contribution is 0.0826. The number of carbonyl (C=O) groups is 1. The van der Waals surface area contributed by atoms with Crippen LogP contribution in [0, 0.1) is 17.8 Å². The first-order valence-corrected chi connectivity index (χ1v) is 6.14. The Labute approximate surface area is 104 Å². The van der Waals surface area contributed by atoms with Crippen LogP contribution in [-0.2, 0) is 6.42 Å². The maximum absolute atomic E-state index is 12.3. The highest BCUT2D eigenvalue weighted by Crippen LogP contribution is 2.30. The number of hydrogen-bond acceptors (Lipinski definition) is 2. The van der Waals surface area contributed by atoms with Gasteiger partial charge < -0.3 is 4.42 Å². The first-order valence-electron chi connectivity index (χ1n) is 6.14. The molecule has 1 aromatic heterocycles. The van der Waals surface area contributed by atoms with Crippen molar-refractivity contribution in [1.82, 2.24) is 0 Å². The van der Waals surface area contributed by atoms with Crippen LogP contribution in [0.25, 0.3) is 0 Å². The number of furan rings is 1. The summed E-state index contributed by atoms with van der Waals surface area (Å²) < 4.78 is 5.48. The molecule has 1 aromatic rings. The summed E-state index contributed by atoms with van der Waals surface area (Å²) in [5, 5.41) is 0. The minimum Gasteiger partial charge on any atom is -0.461 e. The van der Waals surface area contributed by atoms with Gasteiger partial charge >= 0.3 is 0 Å². The molecular weight excluding hydrogens is 212 g/mol. The summed E-state index contributed by atoms with van der Waals surface area (Å²) >= 11 is 0. The van der Waals surface area contributed by atoms with Gasteiger partial charge in [0.1, 0.15) is 0 Å². The molecule has 0 aromatic carbocycles. The lowest BCUT2D eigenvalue weighted by Gasteiger charge is -2.20. The monoisotopic (exact) mass is 236 g/mol. The van der Waals surface area contributed by atoms with Crippen LogP contribution >= 0.6 is 0 Å². The molecular formula is C15H24O2. The third-order valence-electron chi connectivity index (χ3n) is 2.70. The fraction of sp³-hybridized carbons (Fsp3) is 0.667. The van der Waals surface area contributed by atoms with E-state index in [4.69, 9.17) is 4.42 Å². The molecule has 0 fully saturated rings. The highest BCUT2D eigenvalue weighted by Gasteiger charge is 2.30. The fourth-order valence-electron chi connectivity index (χ4n) is 1.75. The van der Waals surface area contributed by atoms with Gasteiger partial charge in [-0.05, 0) is 24.3 Å². The number of Topliss-reactive ketones (excluding diaryl/α,β-unsaturated/α-hetero) is 1. The molecule has 0 amide bonds. The van der Waals surface area contributed by atoms with Crippen molar-refractivity contribution >= 4 is 5.78 Å². The molecule has 0 spiro atoms. The molecule has 0 aliphatic carbocycles. The number of ketones is 1. The molecule has 2 heteroatoms. The van der Waals surface area contributed by atoms with Gasteiger partial charge in [-0.3, -0.25) is 4.79 Å². The summed E-state index contributed by atoms with van der Waals surface area (Å²) in [5.74, 6) is 0.634. The van der Waals surface area contributed by atoms with Crippen molar-refractivity contribution in [3.8, 4) is 0 Å². The first kappa shape index (κ1) is 14.0. The normalized spacial score (nSPS) is 12.9. The Bertz CT molecular complexity index is 411. The second-order valence-corrected chi connectivity index (χ2v) is 7.04. The molecule has 0 N–H and O–H groups in total. The van der Waals surface area contributed by atoms with E-state index in [1.54, 1.807) is 6.26 Å². The van der Waals surface area contributed by atoms with Gasteiger partial charge in [-0.25, -0.2) is 0 Å². The molecule has 1 rings (SSSR count). The van der Waals surface area contributed by atoms with Crippen LogP contribution in [-0.4, -0.2) is 5.78 Å². The Balaban J connectivity index is 3.15. The van der Waals surface area contributed by atoms with Crippen LogP contribution in [0.4, 0.5) is 0 Å². The molecule has 96 valence electrons. The summed E-state index contributed by atoms with van der Waals surface area (Å²) in [5.41, 5.74) is 1.91. The quantitative estimate of drug-likeness (QED) is 0.712. The van der Waals surface area contributed by atoms with Crippen LogP contribution in [0.1, 0.15) is 63.2 Å². The van der Waals surface area contributed by atoms with Gasteiger partial charge in [0.05, 0.1) is 6.26 Å². The molecule has 1 heterocycles. The second kappa shape index (κ2) is 4.32. The first-order chi connectivity index (χ1) is 7.52. The number of aryl methyl sites for hydroxylation is 1. The average molecular weight is 236 g/mol. The predicted octanol–water partition coefficient (Wildman–Crippen LogP) is 4.41. The molecule has 0 radical (unpaired) electrons. The summed E-state index contributed by atoms with van der Waals surface area (Å²) in [6.07, 6.45) is 2.56. The van der Waals surface area contributed by atoms with Gasteiger partial charge in [-0.2, -0.15) is 0 Å². The van der Waals surface area contributed by atoms with Crippen molar-refractivity contribution in [2.45, 2.75) is 54.9 Å². The topological polar surface area (TPSA) is 30.2 Å². The summed E-state index contributed by atoms with van der Waals surface area (Å²) in [4.78, 5) is 12.3. The number of rotatable bonds is 2. The van der Waals surface area contributed by atoms with Gasteiger partial charge in [0.2, 0.25) is 5.78 Å². The van der Waals surface area contributed by atoms with Gasteiger partial charge in [0.25, 0.3) is 0 Å². The van der Waals surface area contributed by atoms with E-state index in [0.717, 1.165) is 17.5 Å². The third kappa shape index (κ3) is 3.45. The van der Waals surface area contributed by atoms with Crippen molar-refractivity contribution in [2.75, 3.05) is 0 Å². The lowest BCUT2D eigenvalue weighted by Crippen LogP contribution is -2.22. The fourth-order valence-corrected chi connectivity index (χ4v) is 1.75. The Morgan fingerprint density at radius 2 is 1.71 bits per heavy atom. The van der Waals surface area contributed by atoms with Crippen molar-refractivity contribution in [2.24, 2.45) is 10.8 Å². The molecule has 0 atom stereocenters. The molecule has 0 aliphatic rings. The van der Waals surface area contributed by atoms with Crippen LogP contribution in [0.15, 0.2) is 10.7 Å². The van der Waals surface area contributed by atoms with E-state index in [-0.39, 0.29) is 11.2 Å². The molecule has 0 bridgehead atoms. The van der Waals surface area contributed by atoms with Gasteiger partial charge in [0.15, 0.2) is 5.76 Å². The SMILES string of the molecule is Cc1coc(C(=O)C(C)(C)C)c1CC(C)(C)C. The summed E-state index contributed by atoms with van der Waals surface area (Å²) in [7, 11) is 0. The Morgan fingerprint density at radius 1 is 1.18 bits per heavy atom. The zero-order chi connectivity index (χ0) is 13.4. The smallest absolute Gasteiger partial charge is 0.203 e. The van der Waals surface area contributed by atoms with E-state index >= 15 is 0 Å². The van der Waals surface area contributed by atoms with Gasteiger partial charge in [-0.15, -0.1) is 0 Å². The maximum atomic E-state index is 12.3. The Kier molecular flexibility index (Phi) is 3.56. The van der Waals surface area contributed by atoms with E-state index < -0.39 is 5.41 Å². The molecule has 2 nitrogen and oxygen atoms in total. The minimum absolute atomic E-state index is 0.0878. The van der Waals surface area contributed by atoms with Crippen molar-refractivity contribution in [3.05, 3.63) is 23.2 Å². The Hall–Kier alpha value is -1.05. The van der Waals surface area contributed by atoms with Crippen LogP contribution in [0.5, 0.6) is 0 Å². The number of hydrogen-bond donors (Lipinski definition) is 0. The highest BCUT2D eigenvalue weighted by atomic mass is 16.3. The van der Waals surface area contributed by atoms with E-state index in [2.05, 4.69) is 20.8 Å². The second-order valence-electron chi connectivity index (χ2n) is 7.04. The largest absolute Gasteiger partial charge is 0.461 e. The third-order valence-corrected chi connectivity index (χ3v) is 2.70. The molecule has 17 heavy (non-hydrogen) atoms. The summed E-state index contributed by atoms with van der Waals surface area (Å²) in [6, 6.07) is 0. The van der Waals surface area contributed by atoms with Crippen LogP contribution < -0.4 is 0 Å². The predicted molar refractivity (Wildman–Crippen MR) is 70.4 cm³/mol. The van der Waals surface area contributed by atoms with E-state index in [9.17, 15) is 4.79 Å². The van der Waals surface area contributed by atoms with Crippen LogP contribution in [0.2, 0.25) is 0 Å². The maximum Gasteiger partial charge on any atom is 0.203 e. The van der Waals surface area contributed by atoms with E-state index in [1.807, 2.05) is 27.7 Å². The molecule has 0 aliphatic heterocycles. The van der Waals surface area contributed by atoms with Crippen molar-refractivity contribution < 1.29 is 9.21 Å². The number of carbonyl (C=O) groups excluding carboxylic acids is 1. The van der Waals surface area contributed by atoms with Crippen molar-refractivity contribution in [3.63, 3.8) is 0 Å².